The molecular weight excluding hydrogens is 532 g/mol. The van der Waals surface area contributed by atoms with Crippen molar-refractivity contribution in [3.8, 4) is 11.5 Å². The number of benzene rings is 2. The van der Waals surface area contributed by atoms with Gasteiger partial charge in [0.2, 0.25) is 10.0 Å². The second-order valence-electron chi connectivity index (χ2n) is 8.25. The molecule has 0 radical (unpaired) electrons. The van der Waals surface area contributed by atoms with Crippen LogP contribution in [0.5, 0.6) is 11.5 Å². The maximum atomic E-state index is 13.5. The van der Waals surface area contributed by atoms with Gasteiger partial charge >= 0.3 is 0 Å². The van der Waals surface area contributed by atoms with Crippen LogP contribution in [0.2, 0.25) is 5.02 Å². The lowest BCUT2D eigenvalue weighted by molar-refractivity contribution is 0.0868. The maximum Gasteiger partial charge on any atom is 0.224 e. The van der Waals surface area contributed by atoms with Crippen LogP contribution < -0.4 is 19.6 Å². The second-order valence-corrected chi connectivity index (χ2v) is 10.9. The average molecular weight is 558 g/mol. The average Bonchev–Trinajstić information content (AvgIpc) is 2.86. The molecule has 9 nitrogen and oxygen atoms in total. The van der Waals surface area contributed by atoms with E-state index in [1.165, 1.54) is 18.5 Å². The van der Waals surface area contributed by atoms with E-state index in [-0.39, 0.29) is 16.9 Å². The summed E-state index contributed by atoms with van der Waals surface area (Å²) in [7, 11) is -1.86. The van der Waals surface area contributed by atoms with Gasteiger partial charge in [-0.25, -0.2) is 27.8 Å². The van der Waals surface area contributed by atoms with Crippen LogP contribution in [-0.4, -0.2) is 61.3 Å². The lowest BCUT2D eigenvalue weighted by Crippen LogP contribution is -2.49. The van der Waals surface area contributed by atoms with Gasteiger partial charge in [0.1, 0.15) is 24.1 Å². The highest BCUT2D eigenvalue weighted by molar-refractivity contribution is 7.89. The summed E-state index contributed by atoms with van der Waals surface area (Å²) in [5, 5.41) is 5.51. The lowest BCUT2D eigenvalue weighted by atomic mass is 10.1. The molecule has 2 N–H and O–H groups in total. The zero-order chi connectivity index (χ0) is 25.7. The number of piperidine rings is 1. The van der Waals surface area contributed by atoms with Crippen LogP contribution >= 0.6 is 23.2 Å². The third-order valence-electron chi connectivity index (χ3n) is 5.65. The van der Waals surface area contributed by atoms with Crippen molar-refractivity contribution in [2.45, 2.75) is 25.4 Å². The van der Waals surface area contributed by atoms with E-state index in [4.69, 9.17) is 32.7 Å². The number of hydrazine groups is 1. The Morgan fingerprint density at radius 3 is 2.64 bits per heavy atom. The molecule has 3 aromatic rings. The third-order valence-corrected chi connectivity index (χ3v) is 7.57. The molecule has 0 spiro atoms. The van der Waals surface area contributed by atoms with E-state index < -0.39 is 15.8 Å². The molecule has 2 heterocycles. The summed E-state index contributed by atoms with van der Waals surface area (Å²) in [5.41, 5.74) is 1.20. The highest BCUT2D eigenvalue weighted by atomic mass is 35.5. The molecule has 0 bridgehead atoms. The van der Waals surface area contributed by atoms with E-state index in [0.717, 1.165) is 0 Å². The zero-order valence-corrected chi connectivity index (χ0v) is 21.8. The Hall–Kier alpha value is -2.44. The number of halogens is 3. The number of sulfonamides is 1. The normalized spacial score (nSPS) is 15.2. The van der Waals surface area contributed by atoms with Crippen LogP contribution in [0, 0.1) is 5.82 Å². The van der Waals surface area contributed by atoms with Crippen LogP contribution in [0.3, 0.4) is 0 Å². The van der Waals surface area contributed by atoms with Crippen molar-refractivity contribution in [1.29, 1.82) is 0 Å². The predicted molar refractivity (Wildman–Crippen MR) is 138 cm³/mol. The zero-order valence-electron chi connectivity index (χ0n) is 19.5. The van der Waals surface area contributed by atoms with Gasteiger partial charge in [0, 0.05) is 36.1 Å². The Kier molecular flexibility index (Phi) is 8.68. The fourth-order valence-corrected chi connectivity index (χ4v) is 5.52. The van der Waals surface area contributed by atoms with Crippen molar-refractivity contribution in [2.75, 3.05) is 37.1 Å². The number of hydrogen-bond donors (Lipinski definition) is 2. The second kappa shape index (κ2) is 11.7. The van der Waals surface area contributed by atoms with E-state index in [9.17, 15) is 12.8 Å². The summed E-state index contributed by atoms with van der Waals surface area (Å²) in [6.45, 7) is 1.00. The Labute approximate surface area is 218 Å². The number of aromatic nitrogens is 2. The van der Waals surface area contributed by atoms with Crippen LogP contribution in [0.25, 0.3) is 10.9 Å². The maximum absolute atomic E-state index is 13.5. The molecule has 0 saturated carbocycles. The summed E-state index contributed by atoms with van der Waals surface area (Å²) in [6, 6.07) is 7.87. The van der Waals surface area contributed by atoms with Gasteiger partial charge < -0.3 is 14.8 Å². The number of nitrogens with zero attached hydrogens (tertiary/aromatic N) is 3. The van der Waals surface area contributed by atoms with Crippen molar-refractivity contribution in [3.05, 3.63) is 47.5 Å². The molecule has 13 heteroatoms. The van der Waals surface area contributed by atoms with Crippen LogP contribution in [0.15, 0.2) is 36.7 Å². The number of anilines is 2. The smallest absolute Gasteiger partial charge is 0.224 e. The fraction of sp³-hybridized carbons (Fsp3) is 0.391. The summed E-state index contributed by atoms with van der Waals surface area (Å²) < 4.78 is 49.6. The molecule has 0 aliphatic carbocycles. The topological polar surface area (TPSA) is 106 Å². The first-order valence-corrected chi connectivity index (χ1v) is 13.9. The SMILES string of the molecule is COc1cc2ncnc(Nc3ccc(F)c(Cl)c3)c2cc1OC1CCN(NS(=O)(=O)CCCCl)CC1. The fourth-order valence-electron chi connectivity index (χ4n) is 3.86. The molecule has 1 aromatic heterocycles. The molecule has 0 unspecified atom stereocenters. The summed E-state index contributed by atoms with van der Waals surface area (Å²) in [4.78, 5) is 11.3. The number of methoxy groups -OCH3 is 1. The first-order chi connectivity index (χ1) is 17.3. The van der Waals surface area contributed by atoms with Gasteiger partial charge in [0.15, 0.2) is 11.5 Å². The van der Waals surface area contributed by atoms with Gasteiger partial charge in [0.25, 0.3) is 0 Å². The quantitative estimate of drug-likeness (QED) is 0.351. The Bertz CT molecular complexity index is 1320. The highest BCUT2D eigenvalue weighted by Crippen LogP contribution is 2.36. The Balaban J connectivity index is 1.49. The summed E-state index contributed by atoms with van der Waals surface area (Å²) >= 11 is 11.5. The minimum Gasteiger partial charge on any atom is -0.493 e. The van der Waals surface area contributed by atoms with Crippen LogP contribution in [0.1, 0.15) is 19.3 Å². The molecule has 4 rings (SSSR count). The minimum absolute atomic E-state index is 0.00302. The van der Waals surface area contributed by atoms with E-state index in [1.54, 1.807) is 30.3 Å². The van der Waals surface area contributed by atoms with Gasteiger partial charge in [-0.05, 0) is 43.5 Å². The number of hydrogen-bond acceptors (Lipinski definition) is 8. The van der Waals surface area contributed by atoms with Gasteiger partial charge in [-0.15, -0.1) is 16.4 Å². The van der Waals surface area contributed by atoms with Gasteiger partial charge in [-0.1, -0.05) is 11.6 Å². The molecule has 1 aliphatic heterocycles. The number of rotatable bonds is 10. The minimum atomic E-state index is -3.41. The summed E-state index contributed by atoms with van der Waals surface area (Å²) in [5.74, 6) is 1.30. The predicted octanol–water partition coefficient (Wildman–Crippen LogP) is 4.48. The number of ether oxygens (including phenoxy) is 2. The molecular formula is C23H26Cl2FN5O4S. The Morgan fingerprint density at radius 1 is 1.17 bits per heavy atom. The monoisotopic (exact) mass is 557 g/mol. The lowest BCUT2D eigenvalue weighted by Gasteiger charge is -2.32. The van der Waals surface area contributed by atoms with Crippen LogP contribution in [-0.2, 0) is 10.0 Å². The van der Waals surface area contributed by atoms with Gasteiger partial charge in [-0.3, -0.25) is 0 Å². The van der Waals surface area contributed by atoms with Gasteiger partial charge in [-0.2, -0.15) is 0 Å². The first-order valence-electron chi connectivity index (χ1n) is 11.3. The molecule has 0 amide bonds. The molecule has 36 heavy (non-hydrogen) atoms. The number of alkyl halides is 1. The molecule has 2 aromatic carbocycles. The van der Waals surface area contributed by atoms with Crippen molar-refractivity contribution >= 4 is 55.6 Å². The van der Waals surface area contributed by atoms with Crippen LogP contribution in [0.4, 0.5) is 15.9 Å². The van der Waals surface area contributed by atoms with Crippen molar-refractivity contribution in [2.24, 2.45) is 0 Å². The molecule has 1 fully saturated rings. The molecule has 1 saturated heterocycles. The number of fused-ring (bicyclic) bond motifs is 1. The first kappa shape index (κ1) is 26.6. The van der Waals surface area contributed by atoms with Crippen molar-refractivity contribution in [3.63, 3.8) is 0 Å². The van der Waals surface area contributed by atoms with E-state index in [2.05, 4.69) is 20.1 Å². The van der Waals surface area contributed by atoms with E-state index in [0.29, 0.717) is 72.1 Å². The Morgan fingerprint density at radius 2 is 1.94 bits per heavy atom. The number of nitrogens with one attached hydrogen (secondary N) is 2. The van der Waals surface area contributed by atoms with E-state index in [1.807, 2.05) is 0 Å². The van der Waals surface area contributed by atoms with E-state index >= 15 is 0 Å². The third kappa shape index (κ3) is 6.65. The molecule has 0 atom stereocenters. The van der Waals surface area contributed by atoms with Gasteiger partial charge in [0.05, 0.1) is 23.4 Å². The van der Waals surface area contributed by atoms with Crippen molar-refractivity contribution < 1.29 is 22.3 Å². The summed E-state index contributed by atoms with van der Waals surface area (Å²) in [6.07, 6.45) is 2.90. The molecule has 1 aliphatic rings. The molecule has 194 valence electrons. The van der Waals surface area contributed by atoms with Crippen molar-refractivity contribution in [1.82, 2.24) is 19.8 Å². The standard InChI is InChI=1S/C23H26Cl2FN5O4S/c1-34-21-13-20-17(23(28-14-27-20)29-15-3-4-19(26)18(25)11-15)12-22(21)35-16-5-8-31(9-6-16)30-36(32,33)10-2-7-24/h3-4,11-14,16,30H,2,5-10H2,1H3,(H,27,28,29). The highest BCUT2D eigenvalue weighted by Gasteiger charge is 2.25. The largest absolute Gasteiger partial charge is 0.493 e.